The zero-order chi connectivity index (χ0) is 18.7. The maximum Gasteiger partial charge on any atom is 0.274 e. The molecule has 0 aliphatic carbocycles. The molecular weight excluding hydrogens is 324 g/mol. The number of carbonyl (C=O) groups excluding carboxylic acids is 1. The van der Waals surface area contributed by atoms with Crippen molar-refractivity contribution in [3.05, 3.63) is 47.2 Å². The van der Waals surface area contributed by atoms with Crippen LogP contribution in [0.5, 0.6) is 0 Å². The molecule has 5 nitrogen and oxygen atoms in total. The molecule has 0 radical (unpaired) electrons. The van der Waals surface area contributed by atoms with Crippen molar-refractivity contribution in [2.45, 2.75) is 46.5 Å². The molecule has 0 atom stereocenters. The Morgan fingerprint density at radius 1 is 1.15 bits per heavy atom. The lowest BCUT2D eigenvalue weighted by atomic mass is 9.98. The highest BCUT2D eigenvalue weighted by atomic mass is 16.2. The van der Waals surface area contributed by atoms with E-state index in [2.05, 4.69) is 61.4 Å². The summed E-state index contributed by atoms with van der Waals surface area (Å²) in [6, 6.07) is 9.88. The summed E-state index contributed by atoms with van der Waals surface area (Å²) in [6.45, 7) is 10.3. The van der Waals surface area contributed by atoms with Crippen LogP contribution in [-0.2, 0) is 0 Å². The van der Waals surface area contributed by atoms with E-state index < -0.39 is 0 Å². The van der Waals surface area contributed by atoms with Crippen molar-refractivity contribution in [3.63, 3.8) is 0 Å². The van der Waals surface area contributed by atoms with E-state index in [1.165, 1.54) is 11.1 Å². The SMILES string of the molecule is Cc1cccc(C(C)C)c1Nc1ccc(C(=O)N2CCC(C)CC2)nn1. The number of aryl methyl sites for hydroxylation is 1. The van der Waals surface area contributed by atoms with Gasteiger partial charge in [-0.05, 0) is 54.9 Å². The van der Waals surface area contributed by atoms with Gasteiger partial charge in [-0.2, -0.15) is 0 Å². The lowest BCUT2D eigenvalue weighted by molar-refractivity contribution is 0.0690. The van der Waals surface area contributed by atoms with Crippen LogP contribution in [0.2, 0.25) is 0 Å². The number of hydrogen-bond acceptors (Lipinski definition) is 4. The first-order valence-corrected chi connectivity index (χ1v) is 9.45. The fourth-order valence-electron chi connectivity index (χ4n) is 3.36. The number of anilines is 2. The standard InChI is InChI=1S/C21H28N4O/c1-14(2)17-7-5-6-16(4)20(17)22-19-9-8-18(23-24-19)21(26)25-12-10-15(3)11-13-25/h5-9,14-15H,10-13H2,1-4H3,(H,22,24). The predicted molar refractivity (Wildman–Crippen MR) is 105 cm³/mol. The molecule has 5 heteroatoms. The Morgan fingerprint density at radius 3 is 2.50 bits per heavy atom. The first-order chi connectivity index (χ1) is 12.5. The summed E-state index contributed by atoms with van der Waals surface area (Å²) in [6.07, 6.45) is 2.12. The molecule has 0 bridgehead atoms. The highest BCUT2D eigenvalue weighted by molar-refractivity contribution is 5.92. The molecule has 1 N–H and O–H groups in total. The lowest BCUT2D eigenvalue weighted by Crippen LogP contribution is -2.38. The molecule has 1 aromatic heterocycles. The third kappa shape index (κ3) is 4.03. The molecule has 1 aromatic carbocycles. The van der Waals surface area contributed by atoms with Gasteiger partial charge in [0.25, 0.3) is 5.91 Å². The van der Waals surface area contributed by atoms with E-state index in [1.807, 2.05) is 11.0 Å². The van der Waals surface area contributed by atoms with Crippen LogP contribution in [0.3, 0.4) is 0 Å². The van der Waals surface area contributed by atoms with Gasteiger partial charge in [0.2, 0.25) is 0 Å². The average molecular weight is 352 g/mol. The molecule has 0 saturated carbocycles. The van der Waals surface area contributed by atoms with Crippen LogP contribution in [0.15, 0.2) is 30.3 Å². The molecule has 26 heavy (non-hydrogen) atoms. The van der Waals surface area contributed by atoms with Crippen LogP contribution in [0.4, 0.5) is 11.5 Å². The maximum atomic E-state index is 12.6. The monoisotopic (exact) mass is 352 g/mol. The van der Waals surface area contributed by atoms with Crippen LogP contribution in [-0.4, -0.2) is 34.1 Å². The Morgan fingerprint density at radius 2 is 1.88 bits per heavy atom. The topological polar surface area (TPSA) is 58.1 Å². The fourth-order valence-corrected chi connectivity index (χ4v) is 3.36. The van der Waals surface area contributed by atoms with Crippen LogP contribution in [0.25, 0.3) is 0 Å². The molecule has 2 aromatic rings. The van der Waals surface area contributed by atoms with Crippen LogP contribution >= 0.6 is 0 Å². The van der Waals surface area contributed by atoms with Gasteiger partial charge in [0, 0.05) is 18.8 Å². The molecule has 138 valence electrons. The molecular formula is C21H28N4O. The van der Waals surface area contributed by atoms with E-state index in [9.17, 15) is 4.79 Å². The first kappa shape index (κ1) is 18.4. The fraction of sp³-hybridized carbons (Fsp3) is 0.476. The molecule has 1 fully saturated rings. The minimum atomic E-state index is -0.0188. The van der Waals surface area contributed by atoms with Gasteiger partial charge in [-0.15, -0.1) is 10.2 Å². The molecule has 2 heterocycles. The summed E-state index contributed by atoms with van der Waals surface area (Å²) in [5, 5.41) is 11.8. The quantitative estimate of drug-likeness (QED) is 0.878. The van der Waals surface area contributed by atoms with Crippen molar-refractivity contribution in [2.24, 2.45) is 5.92 Å². The Kier molecular flexibility index (Phi) is 5.55. The van der Waals surface area contributed by atoms with Crippen molar-refractivity contribution < 1.29 is 4.79 Å². The Balaban J connectivity index is 1.74. The van der Waals surface area contributed by atoms with Crippen molar-refractivity contribution in [2.75, 3.05) is 18.4 Å². The second kappa shape index (κ2) is 7.85. The van der Waals surface area contributed by atoms with Crippen molar-refractivity contribution in [1.82, 2.24) is 15.1 Å². The van der Waals surface area contributed by atoms with Gasteiger partial charge < -0.3 is 10.2 Å². The van der Waals surface area contributed by atoms with Crippen molar-refractivity contribution in [1.29, 1.82) is 0 Å². The van der Waals surface area contributed by atoms with Crippen LogP contribution in [0.1, 0.15) is 61.1 Å². The van der Waals surface area contributed by atoms with Crippen LogP contribution < -0.4 is 5.32 Å². The number of hydrogen-bond donors (Lipinski definition) is 1. The van der Waals surface area contributed by atoms with E-state index in [1.54, 1.807) is 6.07 Å². The third-order valence-electron chi connectivity index (χ3n) is 5.13. The lowest BCUT2D eigenvalue weighted by Gasteiger charge is -2.29. The summed E-state index contributed by atoms with van der Waals surface area (Å²) in [5.74, 6) is 1.74. The van der Waals surface area contributed by atoms with Gasteiger partial charge in [-0.3, -0.25) is 4.79 Å². The number of rotatable bonds is 4. The van der Waals surface area contributed by atoms with Gasteiger partial charge >= 0.3 is 0 Å². The third-order valence-corrected chi connectivity index (χ3v) is 5.13. The van der Waals surface area contributed by atoms with Gasteiger partial charge in [0.15, 0.2) is 11.5 Å². The molecule has 0 unspecified atom stereocenters. The summed E-state index contributed by atoms with van der Waals surface area (Å²) in [7, 11) is 0. The largest absolute Gasteiger partial charge is 0.338 e. The molecule has 1 aliphatic rings. The zero-order valence-electron chi connectivity index (χ0n) is 16.1. The number of para-hydroxylation sites is 1. The van der Waals surface area contributed by atoms with Crippen molar-refractivity contribution >= 4 is 17.4 Å². The molecule has 1 amide bonds. The Labute approximate surface area is 155 Å². The highest BCUT2D eigenvalue weighted by Crippen LogP contribution is 2.29. The van der Waals surface area contributed by atoms with E-state index in [0.717, 1.165) is 31.6 Å². The minimum absolute atomic E-state index is 0.0188. The number of carbonyl (C=O) groups is 1. The second-order valence-electron chi connectivity index (χ2n) is 7.60. The highest BCUT2D eigenvalue weighted by Gasteiger charge is 2.22. The number of benzene rings is 1. The van der Waals surface area contributed by atoms with Gasteiger partial charge in [-0.1, -0.05) is 39.0 Å². The average Bonchev–Trinajstić information content (AvgIpc) is 2.64. The second-order valence-corrected chi connectivity index (χ2v) is 7.60. The summed E-state index contributed by atoms with van der Waals surface area (Å²) in [5.41, 5.74) is 3.90. The summed E-state index contributed by atoms with van der Waals surface area (Å²) >= 11 is 0. The van der Waals surface area contributed by atoms with Gasteiger partial charge in [0.05, 0.1) is 0 Å². The Bertz CT molecular complexity index is 762. The van der Waals surface area contributed by atoms with Crippen molar-refractivity contribution in [3.8, 4) is 0 Å². The molecule has 1 saturated heterocycles. The van der Waals surface area contributed by atoms with Crippen LogP contribution in [0, 0.1) is 12.8 Å². The molecule has 0 spiro atoms. The van der Waals surface area contributed by atoms with E-state index in [4.69, 9.17) is 0 Å². The number of amides is 1. The minimum Gasteiger partial charge on any atom is -0.338 e. The smallest absolute Gasteiger partial charge is 0.274 e. The summed E-state index contributed by atoms with van der Waals surface area (Å²) in [4.78, 5) is 14.5. The van der Waals surface area contributed by atoms with Gasteiger partial charge in [0.1, 0.15) is 0 Å². The van der Waals surface area contributed by atoms with E-state index in [-0.39, 0.29) is 5.91 Å². The predicted octanol–water partition coefficient (Wildman–Crippen LogP) is 4.52. The number of nitrogens with zero attached hydrogens (tertiary/aromatic N) is 3. The molecule has 3 rings (SSSR count). The van der Waals surface area contributed by atoms with E-state index >= 15 is 0 Å². The molecule has 1 aliphatic heterocycles. The number of piperidine rings is 1. The Hall–Kier alpha value is -2.43. The van der Waals surface area contributed by atoms with Gasteiger partial charge in [-0.25, -0.2) is 0 Å². The normalized spacial score (nSPS) is 15.3. The number of nitrogens with one attached hydrogen (secondary N) is 1. The number of aromatic nitrogens is 2. The van der Waals surface area contributed by atoms with E-state index in [0.29, 0.717) is 23.3 Å². The first-order valence-electron chi connectivity index (χ1n) is 9.45. The maximum absolute atomic E-state index is 12.6. The number of likely N-dealkylation sites (tertiary alicyclic amines) is 1. The zero-order valence-corrected chi connectivity index (χ0v) is 16.1. The summed E-state index contributed by atoms with van der Waals surface area (Å²) < 4.78 is 0.